The topological polar surface area (TPSA) is 10.4 Å². The molecule has 7 aromatic rings. The zero-order chi connectivity index (χ0) is 34.2. The van der Waals surface area contributed by atoms with Crippen LogP contribution in [0.1, 0.15) is 53.5 Å². The summed E-state index contributed by atoms with van der Waals surface area (Å²) in [5.41, 5.74) is 19.3. The average Bonchev–Trinajstić information content (AvgIpc) is 3.22. The van der Waals surface area contributed by atoms with Gasteiger partial charge in [0, 0.05) is 58.2 Å². The Morgan fingerprint density at radius 2 is 1.33 bits per heavy atom. The first-order chi connectivity index (χ1) is 25.8. The van der Waals surface area contributed by atoms with E-state index >= 15 is 0 Å². The van der Waals surface area contributed by atoms with Crippen LogP contribution < -0.4 is 30.8 Å². The van der Waals surface area contributed by atoms with E-state index in [0.717, 1.165) is 23.6 Å². The van der Waals surface area contributed by atoms with Gasteiger partial charge in [-0.1, -0.05) is 103 Å². The summed E-state index contributed by atoms with van der Waals surface area (Å²) >= 11 is 0. The van der Waals surface area contributed by atoms with Crippen LogP contribution >= 0.6 is 0 Å². The molecular formula is C48H39BN3+. The quantitative estimate of drug-likeness (QED) is 0.134. The molecule has 52 heavy (non-hydrogen) atoms. The minimum absolute atomic E-state index is 0.103. The second kappa shape index (κ2) is 11.9. The van der Waals surface area contributed by atoms with Crippen molar-refractivity contribution in [2.24, 2.45) is 0 Å². The van der Waals surface area contributed by atoms with Crippen LogP contribution in [0.25, 0.3) is 11.1 Å². The number of pyridine rings is 1. The standard InChI is InChI=1S/C48H39BN3/c1-4-16-37(17-5-1)52(38-18-6-2-7-19-38)39-20-11-15-35(31-39)36-23-25-40-43(32-36)49-42-26-24-33-13-10-14-34-27-30-51(48(42)45(33)34)44-22-12-21-41(46(44)49)47(40)50-28-8-3-9-29-50/h1-9,11-12,15-26,28-29,31-32,34,47H,10,13-14,27,30H2/q+1. The van der Waals surface area contributed by atoms with Crippen molar-refractivity contribution in [3.05, 3.63) is 186 Å². The number of anilines is 5. The lowest BCUT2D eigenvalue weighted by Crippen LogP contribution is -2.65. The van der Waals surface area contributed by atoms with Gasteiger partial charge in [0.05, 0.1) is 0 Å². The molecule has 0 fully saturated rings. The summed E-state index contributed by atoms with van der Waals surface area (Å²) in [5, 5.41) is 0. The first kappa shape index (κ1) is 29.8. The minimum Gasteiger partial charge on any atom is -0.342 e. The highest BCUT2D eigenvalue weighted by Gasteiger charge is 2.48. The van der Waals surface area contributed by atoms with Gasteiger partial charge in [0.1, 0.15) is 0 Å². The van der Waals surface area contributed by atoms with E-state index in [1.165, 1.54) is 75.7 Å². The molecule has 0 amide bonds. The highest BCUT2D eigenvalue weighted by Crippen LogP contribution is 2.48. The van der Waals surface area contributed by atoms with Crippen LogP contribution in [0.5, 0.6) is 0 Å². The van der Waals surface area contributed by atoms with Gasteiger partial charge in [-0.15, -0.1) is 0 Å². The number of nitrogens with zero attached hydrogens (tertiary/aromatic N) is 3. The molecule has 1 aliphatic carbocycles. The van der Waals surface area contributed by atoms with Crippen molar-refractivity contribution in [1.29, 1.82) is 0 Å². The lowest BCUT2D eigenvalue weighted by atomic mass is 9.31. The molecule has 11 rings (SSSR count). The van der Waals surface area contributed by atoms with E-state index in [1.54, 1.807) is 11.1 Å². The number of hydrogen-bond donors (Lipinski definition) is 0. The zero-order valence-electron chi connectivity index (χ0n) is 29.2. The average molecular weight is 669 g/mol. The Kier molecular flexibility index (Phi) is 6.80. The summed E-state index contributed by atoms with van der Waals surface area (Å²) in [5.74, 6) is 0.682. The van der Waals surface area contributed by atoms with E-state index in [0.29, 0.717) is 5.92 Å². The number of aryl methyl sites for hydroxylation is 1. The van der Waals surface area contributed by atoms with E-state index in [4.69, 9.17) is 0 Å². The van der Waals surface area contributed by atoms with Crippen LogP contribution in [-0.4, -0.2) is 13.3 Å². The third kappa shape index (κ3) is 4.50. The summed E-state index contributed by atoms with van der Waals surface area (Å²) in [6.07, 6.45) is 9.57. The van der Waals surface area contributed by atoms with Crippen LogP contribution in [-0.2, 0) is 6.42 Å². The SMILES string of the molecule is c1ccc(N(c2ccccc2)c2cccc(-c3ccc4c(c3)B3c5ccc6c7c5N(CCC7CCC6)c5cccc(c53)C4[n+]3ccccc3)c2)cc1. The first-order valence-corrected chi connectivity index (χ1v) is 19.0. The molecule has 4 heterocycles. The van der Waals surface area contributed by atoms with Gasteiger partial charge in [-0.05, 0) is 107 Å². The number of para-hydroxylation sites is 2. The van der Waals surface area contributed by atoms with E-state index in [1.807, 2.05) is 0 Å². The van der Waals surface area contributed by atoms with Crippen molar-refractivity contribution in [1.82, 2.24) is 0 Å². The third-order valence-corrected chi connectivity index (χ3v) is 12.2. The Balaban J connectivity index is 1.12. The summed E-state index contributed by atoms with van der Waals surface area (Å²) in [6, 6.07) is 56.5. The predicted octanol–water partition coefficient (Wildman–Crippen LogP) is 8.85. The van der Waals surface area contributed by atoms with E-state index in [-0.39, 0.29) is 12.8 Å². The molecule has 0 bridgehead atoms. The second-order valence-electron chi connectivity index (χ2n) is 14.9. The van der Waals surface area contributed by atoms with Crippen molar-refractivity contribution in [2.45, 2.75) is 37.6 Å². The van der Waals surface area contributed by atoms with Gasteiger partial charge in [-0.2, -0.15) is 4.57 Å². The molecule has 6 aromatic carbocycles. The summed E-state index contributed by atoms with van der Waals surface area (Å²) in [4.78, 5) is 5.06. The molecule has 3 aliphatic heterocycles. The van der Waals surface area contributed by atoms with E-state index in [2.05, 4.69) is 178 Å². The molecule has 0 spiro atoms. The normalized spacial score (nSPS) is 17.5. The Morgan fingerprint density at radius 3 is 2.13 bits per heavy atom. The maximum atomic E-state index is 2.71. The van der Waals surface area contributed by atoms with Gasteiger partial charge in [0.25, 0.3) is 0 Å². The van der Waals surface area contributed by atoms with Crippen LogP contribution in [0.15, 0.2) is 164 Å². The predicted molar refractivity (Wildman–Crippen MR) is 215 cm³/mol. The zero-order valence-corrected chi connectivity index (χ0v) is 29.2. The summed E-state index contributed by atoms with van der Waals surface area (Å²) in [6.45, 7) is 1.28. The molecule has 0 saturated carbocycles. The fourth-order valence-electron chi connectivity index (χ4n) is 10.1. The van der Waals surface area contributed by atoms with Gasteiger partial charge in [0.2, 0.25) is 12.8 Å². The molecule has 0 saturated heterocycles. The smallest absolute Gasteiger partial charge is 0.248 e. The molecular weight excluding hydrogens is 629 g/mol. The lowest BCUT2D eigenvalue weighted by Gasteiger charge is -2.47. The van der Waals surface area contributed by atoms with Crippen LogP contribution in [0, 0.1) is 0 Å². The van der Waals surface area contributed by atoms with Gasteiger partial charge < -0.3 is 9.80 Å². The number of rotatable bonds is 5. The molecule has 3 nitrogen and oxygen atoms in total. The highest BCUT2D eigenvalue weighted by atomic mass is 15.2. The molecule has 0 N–H and O–H groups in total. The Hall–Kier alpha value is -5.87. The van der Waals surface area contributed by atoms with Crippen molar-refractivity contribution >= 4 is 51.5 Å². The number of aromatic nitrogens is 1. The molecule has 4 heteroatoms. The molecule has 2 atom stereocenters. The van der Waals surface area contributed by atoms with Gasteiger partial charge in [-0.3, -0.25) is 0 Å². The van der Waals surface area contributed by atoms with Gasteiger partial charge in [-0.25, -0.2) is 0 Å². The summed E-state index contributed by atoms with van der Waals surface area (Å²) < 4.78 is 2.41. The monoisotopic (exact) mass is 668 g/mol. The molecule has 0 radical (unpaired) electrons. The Bertz CT molecular complexity index is 2440. The second-order valence-corrected chi connectivity index (χ2v) is 14.9. The number of hydrogen-bond acceptors (Lipinski definition) is 2. The van der Waals surface area contributed by atoms with Gasteiger partial charge >= 0.3 is 0 Å². The van der Waals surface area contributed by atoms with Crippen molar-refractivity contribution in [3.63, 3.8) is 0 Å². The largest absolute Gasteiger partial charge is 0.342 e. The fourth-order valence-corrected chi connectivity index (χ4v) is 10.1. The minimum atomic E-state index is 0.103. The number of fused-ring (bicyclic) bond motifs is 4. The Labute approximate surface area is 306 Å². The maximum Gasteiger partial charge on any atom is 0.248 e. The fraction of sp³-hybridized carbons (Fsp3) is 0.146. The lowest BCUT2D eigenvalue weighted by molar-refractivity contribution is -0.704. The van der Waals surface area contributed by atoms with Gasteiger partial charge in [0.15, 0.2) is 12.4 Å². The molecule has 2 unspecified atom stereocenters. The van der Waals surface area contributed by atoms with Crippen molar-refractivity contribution in [2.75, 3.05) is 16.3 Å². The van der Waals surface area contributed by atoms with Crippen LogP contribution in [0.2, 0.25) is 0 Å². The summed E-state index contributed by atoms with van der Waals surface area (Å²) in [7, 11) is 0. The Morgan fingerprint density at radius 1 is 0.596 bits per heavy atom. The number of benzene rings is 6. The van der Waals surface area contributed by atoms with Crippen LogP contribution in [0.4, 0.5) is 28.4 Å². The molecule has 248 valence electrons. The first-order valence-electron chi connectivity index (χ1n) is 19.0. The van der Waals surface area contributed by atoms with E-state index in [9.17, 15) is 0 Å². The molecule has 4 aliphatic rings. The highest BCUT2D eigenvalue weighted by molar-refractivity contribution is 6.99. The maximum absolute atomic E-state index is 2.71. The van der Waals surface area contributed by atoms with Crippen molar-refractivity contribution < 1.29 is 4.57 Å². The van der Waals surface area contributed by atoms with E-state index < -0.39 is 0 Å². The third-order valence-electron chi connectivity index (χ3n) is 12.2. The van der Waals surface area contributed by atoms with Crippen molar-refractivity contribution in [3.8, 4) is 11.1 Å². The van der Waals surface area contributed by atoms with Crippen LogP contribution in [0.3, 0.4) is 0 Å². The molecule has 1 aromatic heterocycles.